The minimum atomic E-state index is 0.594. The number of rotatable bonds is 14. The lowest BCUT2D eigenvalue weighted by atomic mass is 10.00. The molecule has 184 valence electrons. The number of fused-ring (bicyclic) bond motifs is 6. The first-order chi connectivity index (χ1) is 16.7. The summed E-state index contributed by atoms with van der Waals surface area (Å²) in [4.78, 5) is 0. The van der Waals surface area contributed by atoms with E-state index in [0.29, 0.717) is 11.8 Å². The number of unbranched alkanes of at least 4 members (excludes halogenated alkanes) is 2. The van der Waals surface area contributed by atoms with E-state index in [1.54, 1.807) is 0 Å². The van der Waals surface area contributed by atoms with Crippen molar-refractivity contribution in [1.82, 2.24) is 0 Å². The lowest BCUT2D eigenvalue weighted by Gasteiger charge is -2.21. The van der Waals surface area contributed by atoms with Crippen molar-refractivity contribution in [1.29, 1.82) is 0 Å². The van der Waals surface area contributed by atoms with Crippen LogP contribution >= 0.6 is 22.7 Å². The Balaban J connectivity index is 1.71. The Bertz CT molecular complexity index is 1100. The lowest BCUT2D eigenvalue weighted by Crippen LogP contribution is -2.14. The van der Waals surface area contributed by atoms with Crippen LogP contribution in [0, 0.1) is 11.8 Å². The van der Waals surface area contributed by atoms with E-state index in [2.05, 4.69) is 62.7 Å². The second-order valence-corrected chi connectivity index (χ2v) is 11.5. The summed E-state index contributed by atoms with van der Waals surface area (Å²) >= 11 is 3.68. The van der Waals surface area contributed by atoms with Gasteiger partial charge in [0.1, 0.15) is 0 Å². The Labute approximate surface area is 213 Å². The third-order valence-electron chi connectivity index (χ3n) is 7.24. The fourth-order valence-corrected chi connectivity index (χ4v) is 6.85. The number of ether oxygens (including phenoxy) is 2. The average Bonchev–Trinajstić information content (AvgIpc) is 3.54. The zero-order valence-corrected chi connectivity index (χ0v) is 23.0. The van der Waals surface area contributed by atoms with Gasteiger partial charge in [-0.25, -0.2) is 0 Å². The van der Waals surface area contributed by atoms with E-state index in [-0.39, 0.29) is 0 Å². The summed E-state index contributed by atoms with van der Waals surface area (Å²) in [6, 6.07) is 9.05. The van der Waals surface area contributed by atoms with Gasteiger partial charge in [0.2, 0.25) is 0 Å². The predicted molar refractivity (Wildman–Crippen MR) is 152 cm³/mol. The molecule has 0 bridgehead atoms. The van der Waals surface area contributed by atoms with E-state index in [1.807, 2.05) is 22.7 Å². The van der Waals surface area contributed by atoms with Crippen molar-refractivity contribution < 1.29 is 9.47 Å². The van der Waals surface area contributed by atoms with Gasteiger partial charge in [-0.15, -0.1) is 22.7 Å². The molecule has 0 N–H and O–H groups in total. The monoisotopic (exact) mass is 496 g/mol. The molecular weight excluding hydrogens is 456 g/mol. The first kappa shape index (κ1) is 25.3. The molecule has 2 nitrogen and oxygen atoms in total. The molecule has 4 rings (SSSR count). The zero-order chi connectivity index (χ0) is 23.9. The van der Waals surface area contributed by atoms with E-state index in [0.717, 1.165) is 37.6 Å². The molecule has 2 unspecified atom stereocenters. The number of hydrogen-bond donors (Lipinski definition) is 0. The average molecular weight is 497 g/mol. The fraction of sp³-hybridized carbons (Fsp3) is 0.533. The largest absolute Gasteiger partial charge is 0.489 e. The molecule has 0 amide bonds. The molecule has 2 aromatic carbocycles. The van der Waals surface area contributed by atoms with Gasteiger partial charge in [0.25, 0.3) is 0 Å². The highest BCUT2D eigenvalue weighted by atomic mass is 32.1. The van der Waals surface area contributed by atoms with Gasteiger partial charge in [-0.3, -0.25) is 0 Å². The molecule has 2 aromatic heterocycles. The lowest BCUT2D eigenvalue weighted by molar-refractivity contribution is 0.199. The summed E-state index contributed by atoms with van der Waals surface area (Å²) in [5, 5.41) is 9.66. The molecule has 0 fully saturated rings. The van der Waals surface area contributed by atoms with E-state index in [9.17, 15) is 0 Å². The topological polar surface area (TPSA) is 18.5 Å². The molecule has 2 heterocycles. The highest BCUT2D eigenvalue weighted by Crippen LogP contribution is 2.44. The van der Waals surface area contributed by atoms with E-state index >= 15 is 0 Å². The van der Waals surface area contributed by atoms with Crippen molar-refractivity contribution in [3.63, 3.8) is 0 Å². The third kappa shape index (κ3) is 5.54. The van der Waals surface area contributed by atoms with Crippen molar-refractivity contribution in [3.8, 4) is 11.5 Å². The standard InChI is InChI=1S/C30H40O2S2/c1-5-9-11-21(7-3)19-31-27-17-25-23-13-15-33-29(23)30-24(14-16-34-30)26(25)18-28(27)32-20-22(8-4)12-10-6-2/h13-18,21-22H,5-12,19-20H2,1-4H3. The molecule has 0 saturated carbocycles. The van der Waals surface area contributed by atoms with Crippen molar-refractivity contribution in [3.05, 3.63) is 35.0 Å². The minimum absolute atomic E-state index is 0.594. The van der Waals surface area contributed by atoms with Gasteiger partial charge >= 0.3 is 0 Å². The highest BCUT2D eigenvalue weighted by Gasteiger charge is 2.18. The van der Waals surface area contributed by atoms with Crippen LogP contribution in [0.15, 0.2) is 35.0 Å². The Hall–Kier alpha value is -1.78. The molecule has 2 atom stereocenters. The van der Waals surface area contributed by atoms with E-state index in [4.69, 9.17) is 9.47 Å². The Morgan fingerprint density at radius 3 is 1.47 bits per heavy atom. The summed E-state index contributed by atoms with van der Waals surface area (Å²) in [6.07, 6.45) is 9.79. The van der Waals surface area contributed by atoms with Crippen LogP contribution in [-0.2, 0) is 0 Å². The molecule has 0 radical (unpaired) electrons. The summed E-state index contributed by atoms with van der Waals surface area (Å²) in [5.74, 6) is 3.01. The maximum atomic E-state index is 6.54. The Morgan fingerprint density at radius 2 is 1.09 bits per heavy atom. The van der Waals surface area contributed by atoms with Gasteiger partial charge in [0.15, 0.2) is 11.5 Å². The predicted octanol–water partition coefficient (Wildman–Crippen LogP) is 10.5. The number of thiophene rings is 2. The maximum absolute atomic E-state index is 6.54. The summed E-state index contributed by atoms with van der Waals surface area (Å²) in [7, 11) is 0. The number of hydrogen-bond acceptors (Lipinski definition) is 4. The van der Waals surface area contributed by atoms with Crippen LogP contribution in [-0.4, -0.2) is 13.2 Å². The van der Waals surface area contributed by atoms with E-state index in [1.165, 1.54) is 69.5 Å². The highest BCUT2D eigenvalue weighted by molar-refractivity contribution is 7.25. The zero-order valence-electron chi connectivity index (χ0n) is 21.3. The van der Waals surface area contributed by atoms with Crippen LogP contribution in [0.25, 0.3) is 30.9 Å². The smallest absolute Gasteiger partial charge is 0.161 e. The first-order valence-electron chi connectivity index (χ1n) is 13.3. The van der Waals surface area contributed by atoms with Gasteiger partial charge < -0.3 is 9.47 Å². The fourth-order valence-electron chi connectivity index (χ4n) is 4.84. The van der Waals surface area contributed by atoms with Gasteiger partial charge in [0, 0.05) is 10.8 Å². The summed E-state index contributed by atoms with van der Waals surface area (Å²) in [6.45, 7) is 10.6. The van der Waals surface area contributed by atoms with Crippen LogP contribution in [0.4, 0.5) is 0 Å². The SMILES string of the molecule is CCCCC(CC)COc1cc2c(cc1OCC(CC)CCCC)c1ccsc1c1sccc21. The molecule has 0 saturated heterocycles. The molecule has 34 heavy (non-hydrogen) atoms. The molecular formula is C30H40O2S2. The van der Waals surface area contributed by atoms with Crippen LogP contribution in [0.5, 0.6) is 11.5 Å². The summed E-state index contributed by atoms with van der Waals surface area (Å²) < 4.78 is 15.9. The van der Waals surface area contributed by atoms with Gasteiger partial charge in [-0.05, 0) is 70.5 Å². The van der Waals surface area contributed by atoms with Crippen molar-refractivity contribution >= 4 is 53.6 Å². The first-order valence-corrected chi connectivity index (χ1v) is 15.1. The van der Waals surface area contributed by atoms with Gasteiger partial charge in [0.05, 0.1) is 22.6 Å². The van der Waals surface area contributed by atoms with Crippen LogP contribution < -0.4 is 9.47 Å². The van der Waals surface area contributed by atoms with Gasteiger partial charge in [-0.1, -0.05) is 66.2 Å². The normalized spacial score (nSPS) is 13.6. The summed E-state index contributed by atoms with van der Waals surface area (Å²) in [5.41, 5.74) is 0. The van der Waals surface area contributed by atoms with Crippen molar-refractivity contribution in [2.75, 3.05) is 13.2 Å². The van der Waals surface area contributed by atoms with Crippen molar-refractivity contribution in [2.45, 2.75) is 79.1 Å². The second-order valence-electron chi connectivity index (χ2n) is 9.63. The van der Waals surface area contributed by atoms with Crippen LogP contribution in [0.1, 0.15) is 79.1 Å². The molecule has 0 aliphatic carbocycles. The van der Waals surface area contributed by atoms with Crippen LogP contribution in [0.2, 0.25) is 0 Å². The molecule has 4 aromatic rings. The molecule has 0 aliphatic heterocycles. The molecule has 0 spiro atoms. The van der Waals surface area contributed by atoms with Crippen LogP contribution in [0.3, 0.4) is 0 Å². The third-order valence-corrected chi connectivity index (χ3v) is 9.23. The van der Waals surface area contributed by atoms with Gasteiger partial charge in [-0.2, -0.15) is 0 Å². The minimum Gasteiger partial charge on any atom is -0.489 e. The maximum Gasteiger partial charge on any atom is 0.161 e. The van der Waals surface area contributed by atoms with E-state index < -0.39 is 0 Å². The Morgan fingerprint density at radius 1 is 0.647 bits per heavy atom. The second kappa shape index (κ2) is 12.3. The quantitative estimate of drug-likeness (QED) is 0.173. The molecule has 4 heteroatoms. The van der Waals surface area contributed by atoms with Crippen molar-refractivity contribution in [2.24, 2.45) is 11.8 Å². The Kier molecular flexibility index (Phi) is 9.13. The number of benzene rings is 2. The molecule has 0 aliphatic rings.